The van der Waals surface area contributed by atoms with Gasteiger partial charge >= 0.3 is 11.9 Å². The van der Waals surface area contributed by atoms with Gasteiger partial charge in [-0.3, -0.25) is 14.1 Å². The molecule has 166 valence electrons. The molecular formula is C20H38O7S. The van der Waals surface area contributed by atoms with E-state index in [1.807, 2.05) is 13.8 Å². The zero-order valence-electron chi connectivity index (χ0n) is 17.8. The molecule has 0 rings (SSSR count). The third-order valence-electron chi connectivity index (χ3n) is 5.00. The van der Waals surface area contributed by atoms with E-state index in [-0.39, 0.29) is 25.0 Å². The molecule has 0 fully saturated rings. The highest BCUT2D eigenvalue weighted by Gasteiger charge is 2.36. The molecule has 0 saturated heterocycles. The van der Waals surface area contributed by atoms with Gasteiger partial charge in [0, 0.05) is 0 Å². The molecule has 0 aromatic carbocycles. The summed E-state index contributed by atoms with van der Waals surface area (Å²) in [6.45, 7) is 8.35. The quantitative estimate of drug-likeness (QED) is 0.294. The average Bonchev–Trinajstić information content (AvgIpc) is 2.65. The summed E-state index contributed by atoms with van der Waals surface area (Å²) in [5, 5.41) is -1.95. The highest BCUT2D eigenvalue weighted by Crippen LogP contribution is 2.17. The SMILES string of the molecule is CCCC[C@@H](CC)COC(=O)C[C@H](C(=O)OC[C@H](CC)CCCC)S(=O)(=O)O. The number of unbranched alkanes of at least 4 members (excludes halogenated alkanes) is 2. The van der Waals surface area contributed by atoms with E-state index >= 15 is 0 Å². The molecule has 8 heteroatoms. The van der Waals surface area contributed by atoms with Crippen molar-refractivity contribution >= 4 is 22.1 Å². The average molecular weight is 423 g/mol. The summed E-state index contributed by atoms with van der Waals surface area (Å²) in [7, 11) is -4.76. The smallest absolute Gasteiger partial charge is 0.327 e. The molecule has 0 aliphatic heterocycles. The van der Waals surface area contributed by atoms with Crippen molar-refractivity contribution in [1.82, 2.24) is 0 Å². The van der Waals surface area contributed by atoms with E-state index < -0.39 is 33.7 Å². The first-order valence-corrected chi connectivity index (χ1v) is 12.0. The van der Waals surface area contributed by atoms with Crippen molar-refractivity contribution in [3.05, 3.63) is 0 Å². The van der Waals surface area contributed by atoms with Crippen LogP contribution in [0.1, 0.15) is 85.5 Å². The first-order chi connectivity index (χ1) is 13.2. The van der Waals surface area contributed by atoms with Gasteiger partial charge in [-0.05, 0) is 24.7 Å². The molecular weight excluding hydrogens is 384 g/mol. The van der Waals surface area contributed by atoms with E-state index in [1.165, 1.54) is 0 Å². The lowest BCUT2D eigenvalue weighted by Gasteiger charge is -2.18. The Morgan fingerprint density at radius 3 is 1.71 bits per heavy atom. The Hall–Kier alpha value is -1.15. The monoisotopic (exact) mass is 422 g/mol. The lowest BCUT2D eigenvalue weighted by molar-refractivity contribution is -0.151. The van der Waals surface area contributed by atoms with Crippen LogP contribution in [0.5, 0.6) is 0 Å². The van der Waals surface area contributed by atoms with Crippen LogP contribution in [0.15, 0.2) is 0 Å². The fourth-order valence-electron chi connectivity index (χ4n) is 2.82. The van der Waals surface area contributed by atoms with Gasteiger partial charge in [0.1, 0.15) is 0 Å². The zero-order valence-corrected chi connectivity index (χ0v) is 18.6. The van der Waals surface area contributed by atoms with Gasteiger partial charge in [0.2, 0.25) is 0 Å². The Kier molecular flexibility index (Phi) is 14.2. The van der Waals surface area contributed by atoms with Gasteiger partial charge in [-0.25, -0.2) is 0 Å². The molecule has 0 aliphatic rings. The molecule has 0 aromatic rings. The van der Waals surface area contributed by atoms with Crippen LogP contribution in [0.3, 0.4) is 0 Å². The van der Waals surface area contributed by atoms with Crippen molar-refractivity contribution < 1.29 is 32.0 Å². The second-order valence-electron chi connectivity index (χ2n) is 7.35. The molecule has 0 spiro atoms. The van der Waals surface area contributed by atoms with Crippen molar-refractivity contribution in [3.63, 3.8) is 0 Å². The van der Waals surface area contributed by atoms with Gasteiger partial charge < -0.3 is 9.47 Å². The third-order valence-corrected chi connectivity index (χ3v) is 6.08. The van der Waals surface area contributed by atoms with Gasteiger partial charge in [0.25, 0.3) is 10.1 Å². The molecule has 0 aromatic heterocycles. The zero-order chi connectivity index (χ0) is 21.6. The van der Waals surface area contributed by atoms with E-state index in [9.17, 15) is 22.6 Å². The van der Waals surface area contributed by atoms with Gasteiger partial charge in [-0.2, -0.15) is 8.42 Å². The maximum Gasteiger partial charge on any atom is 0.327 e. The molecule has 0 unspecified atom stereocenters. The maximum atomic E-state index is 12.2. The number of carbonyl (C=O) groups excluding carboxylic acids is 2. The van der Waals surface area contributed by atoms with Crippen molar-refractivity contribution in [2.45, 2.75) is 90.7 Å². The minimum absolute atomic E-state index is 0.0747. The number of hydrogen-bond acceptors (Lipinski definition) is 6. The van der Waals surface area contributed by atoms with Crippen molar-refractivity contribution in [1.29, 1.82) is 0 Å². The molecule has 0 heterocycles. The normalized spacial score (nSPS) is 14.9. The van der Waals surface area contributed by atoms with E-state index in [2.05, 4.69) is 13.8 Å². The van der Waals surface area contributed by atoms with E-state index in [4.69, 9.17) is 9.47 Å². The van der Waals surface area contributed by atoms with Crippen LogP contribution in [-0.2, 0) is 29.2 Å². The fraction of sp³-hybridized carbons (Fsp3) is 0.900. The van der Waals surface area contributed by atoms with Crippen LogP contribution < -0.4 is 0 Å². The summed E-state index contributed by atoms with van der Waals surface area (Å²) in [5.41, 5.74) is 0. The molecule has 0 radical (unpaired) electrons. The first kappa shape index (κ1) is 26.9. The van der Waals surface area contributed by atoms with Gasteiger partial charge in [0.15, 0.2) is 5.25 Å². The molecule has 28 heavy (non-hydrogen) atoms. The summed E-state index contributed by atoms with van der Waals surface area (Å²) in [6.07, 6.45) is 6.74. The van der Waals surface area contributed by atoms with Crippen LogP contribution >= 0.6 is 0 Å². The molecule has 0 aliphatic carbocycles. The Balaban J connectivity index is 4.73. The highest BCUT2D eigenvalue weighted by atomic mass is 32.2. The topological polar surface area (TPSA) is 107 Å². The number of hydrogen-bond donors (Lipinski definition) is 1. The van der Waals surface area contributed by atoms with E-state index in [1.54, 1.807) is 0 Å². The summed E-state index contributed by atoms with van der Waals surface area (Å²) in [6, 6.07) is 0. The van der Waals surface area contributed by atoms with Gasteiger partial charge in [-0.15, -0.1) is 0 Å². The van der Waals surface area contributed by atoms with Crippen LogP contribution in [0.2, 0.25) is 0 Å². The summed E-state index contributed by atoms with van der Waals surface area (Å²) >= 11 is 0. The standard InChI is InChI=1S/C20H38O7S/c1-5-9-11-16(7-3)14-26-19(21)13-18(28(23,24)25)20(22)27-15-17(8-4)12-10-6-2/h16-18H,5-15H2,1-4H3,(H,23,24,25)/t16-,17-,18-/m1/s1. The van der Waals surface area contributed by atoms with E-state index in [0.29, 0.717) is 0 Å². The fourth-order valence-corrected chi connectivity index (χ4v) is 3.48. The number of ether oxygens (including phenoxy) is 2. The maximum absolute atomic E-state index is 12.2. The van der Waals surface area contributed by atoms with Crippen LogP contribution in [0.25, 0.3) is 0 Å². The molecule has 7 nitrogen and oxygen atoms in total. The van der Waals surface area contributed by atoms with E-state index in [0.717, 1.165) is 51.4 Å². The third kappa shape index (κ3) is 11.6. The molecule has 0 bridgehead atoms. The van der Waals surface area contributed by atoms with Crippen LogP contribution in [-0.4, -0.2) is 43.4 Å². The number of rotatable bonds is 16. The summed E-state index contributed by atoms with van der Waals surface area (Å²) in [4.78, 5) is 24.2. The number of esters is 2. The summed E-state index contributed by atoms with van der Waals surface area (Å²) in [5.74, 6) is -1.61. The lowest BCUT2D eigenvalue weighted by atomic mass is 10.0. The van der Waals surface area contributed by atoms with Crippen molar-refractivity contribution in [3.8, 4) is 0 Å². The predicted octanol–water partition coefficient (Wildman–Crippen LogP) is 4.15. The second kappa shape index (κ2) is 14.8. The lowest BCUT2D eigenvalue weighted by Crippen LogP contribution is -2.35. The molecule has 1 N–H and O–H groups in total. The second-order valence-corrected chi connectivity index (χ2v) is 8.95. The Bertz CT molecular complexity index is 545. The van der Waals surface area contributed by atoms with Crippen LogP contribution in [0, 0.1) is 11.8 Å². The highest BCUT2D eigenvalue weighted by molar-refractivity contribution is 7.87. The summed E-state index contributed by atoms with van der Waals surface area (Å²) < 4.78 is 42.8. The minimum Gasteiger partial charge on any atom is -0.465 e. The Labute approximate surface area is 170 Å². The minimum atomic E-state index is -4.76. The Morgan fingerprint density at radius 2 is 1.32 bits per heavy atom. The van der Waals surface area contributed by atoms with Gasteiger partial charge in [0.05, 0.1) is 19.6 Å². The number of carbonyl (C=O) groups is 2. The molecule has 0 saturated carbocycles. The molecule has 0 amide bonds. The molecule has 3 atom stereocenters. The van der Waals surface area contributed by atoms with Gasteiger partial charge in [-0.1, -0.05) is 66.2 Å². The predicted molar refractivity (Wildman–Crippen MR) is 108 cm³/mol. The largest absolute Gasteiger partial charge is 0.465 e. The van der Waals surface area contributed by atoms with Crippen molar-refractivity contribution in [2.75, 3.05) is 13.2 Å². The van der Waals surface area contributed by atoms with Crippen LogP contribution in [0.4, 0.5) is 0 Å². The Morgan fingerprint density at radius 1 is 0.857 bits per heavy atom. The van der Waals surface area contributed by atoms with Crippen molar-refractivity contribution in [2.24, 2.45) is 11.8 Å². The first-order valence-electron chi connectivity index (χ1n) is 10.5.